The number of rotatable bonds is 5. The van der Waals surface area contributed by atoms with Crippen LogP contribution in [0.2, 0.25) is 0 Å². The molecule has 0 bridgehead atoms. The molecule has 0 atom stereocenters. The molecule has 0 amide bonds. The van der Waals surface area contributed by atoms with E-state index in [0.29, 0.717) is 12.2 Å². The van der Waals surface area contributed by atoms with Gasteiger partial charge in [-0.15, -0.1) is 0 Å². The van der Waals surface area contributed by atoms with E-state index >= 15 is 0 Å². The summed E-state index contributed by atoms with van der Waals surface area (Å²) in [6, 6.07) is 17.1. The highest BCUT2D eigenvalue weighted by Gasteiger charge is 2.05. The minimum absolute atomic E-state index is 0.00145. The molecule has 0 fully saturated rings. The molecule has 0 spiro atoms. The second-order valence-electron chi connectivity index (χ2n) is 3.91. The smallest absolute Gasteiger partial charge is 0.188 e. The first-order chi connectivity index (χ1) is 8.75. The van der Waals surface area contributed by atoms with Crippen LogP contribution in [0.15, 0.2) is 59.1 Å². The van der Waals surface area contributed by atoms with Crippen LogP contribution in [0.5, 0.6) is 0 Å². The number of halogens is 1. The third-order valence-electron chi connectivity index (χ3n) is 2.51. The molecule has 2 nitrogen and oxygen atoms in total. The highest BCUT2D eigenvalue weighted by molar-refractivity contribution is 9.10. The quantitative estimate of drug-likeness (QED) is 0.784. The molecule has 0 radical (unpaired) electrons. The van der Waals surface area contributed by atoms with E-state index in [4.69, 9.17) is 4.74 Å². The molecule has 2 rings (SSSR count). The maximum absolute atomic E-state index is 11.8. The third-order valence-corrected chi connectivity index (χ3v) is 3.04. The minimum atomic E-state index is -0.00145. The summed E-state index contributed by atoms with van der Waals surface area (Å²) >= 11 is 3.34. The molecule has 18 heavy (non-hydrogen) atoms. The number of ether oxygens (including phenoxy) is 1. The molecule has 0 aliphatic heterocycles. The molecular weight excluding hydrogens is 292 g/mol. The van der Waals surface area contributed by atoms with Crippen molar-refractivity contribution in [2.75, 3.05) is 6.61 Å². The Morgan fingerprint density at radius 3 is 2.33 bits per heavy atom. The molecule has 0 heterocycles. The van der Waals surface area contributed by atoms with Crippen molar-refractivity contribution < 1.29 is 9.53 Å². The predicted molar refractivity (Wildman–Crippen MR) is 74.6 cm³/mol. The maximum Gasteiger partial charge on any atom is 0.188 e. The number of hydrogen-bond donors (Lipinski definition) is 0. The zero-order valence-electron chi connectivity index (χ0n) is 9.80. The number of hydrogen-bond acceptors (Lipinski definition) is 2. The lowest BCUT2D eigenvalue weighted by molar-refractivity contribution is 0.0726. The number of Topliss-reactive ketones (excluding diaryl/α,β-unsaturated/α-hetero) is 1. The van der Waals surface area contributed by atoms with Crippen LogP contribution in [0.4, 0.5) is 0 Å². The third kappa shape index (κ3) is 3.79. The maximum atomic E-state index is 11.8. The Hall–Kier alpha value is -1.45. The summed E-state index contributed by atoms with van der Waals surface area (Å²) in [5.41, 5.74) is 1.74. The summed E-state index contributed by atoms with van der Waals surface area (Å²) in [6.07, 6.45) is 0. The fourth-order valence-electron chi connectivity index (χ4n) is 1.55. The first-order valence-corrected chi connectivity index (χ1v) is 6.45. The molecule has 0 unspecified atom stereocenters. The highest BCUT2D eigenvalue weighted by atomic mass is 79.9. The van der Waals surface area contributed by atoms with E-state index in [2.05, 4.69) is 15.9 Å². The van der Waals surface area contributed by atoms with Crippen LogP contribution in [0, 0.1) is 0 Å². The van der Waals surface area contributed by atoms with Gasteiger partial charge in [0.1, 0.15) is 6.61 Å². The Morgan fingerprint density at radius 2 is 1.67 bits per heavy atom. The molecule has 0 aliphatic carbocycles. The lowest BCUT2D eigenvalue weighted by Crippen LogP contribution is -2.08. The molecule has 0 aliphatic rings. The van der Waals surface area contributed by atoms with Crippen molar-refractivity contribution >= 4 is 21.7 Å². The molecule has 0 N–H and O–H groups in total. The van der Waals surface area contributed by atoms with Gasteiger partial charge in [-0.3, -0.25) is 4.79 Å². The number of ketones is 1. The van der Waals surface area contributed by atoms with Gasteiger partial charge in [0.05, 0.1) is 6.61 Å². The number of benzene rings is 2. The van der Waals surface area contributed by atoms with Gasteiger partial charge in [0.2, 0.25) is 0 Å². The van der Waals surface area contributed by atoms with Gasteiger partial charge in [0, 0.05) is 10.0 Å². The summed E-state index contributed by atoms with van der Waals surface area (Å²) < 4.78 is 6.37. The van der Waals surface area contributed by atoms with E-state index in [1.807, 2.05) is 42.5 Å². The molecule has 0 aromatic heterocycles. The Bertz CT molecular complexity index is 506. The molecule has 2 aromatic carbocycles. The Morgan fingerprint density at radius 1 is 1.00 bits per heavy atom. The zero-order chi connectivity index (χ0) is 12.8. The average Bonchev–Trinajstić information content (AvgIpc) is 2.40. The van der Waals surface area contributed by atoms with Gasteiger partial charge in [-0.1, -0.05) is 58.4 Å². The number of carbonyl (C=O) groups is 1. The van der Waals surface area contributed by atoms with Gasteiger partial charge in [0.15, 0.2) is 5.78 Å². The lowest BCUT2D eigenvalue weighted by atomic mass is 10.1. The zero-order valence-corrected chi connectivity index (χ0v) is 11.4. The fraction of sp³-hybridized carbons (Fsp3) is 0.133. The van der Waals surface area contributed by atoms with Crippen molar-refractivity contribution in [2.24, 2.45) is 0 Å². The normalized spacial score (nSPS) is 10.3. The van der Waals surface area contributed by atoms with Gasteiger partial charge >= 0.3 is 0 Å². The van der Waals surface area contributed by atoms with Crippen LogP contribution in [0.3, 0.4) is 0 Å². The van der Waals surface area contributed by atoms with Crippen molar-refractivity contribution in [2.45, 2.75) is 6.61 Å². The second kappa shape index (κ2) is 6.47. The van der Waals surface area contributed by atoms with Crippen LogP contribution in [0.1, 0.15) is 15.9 Å². The van der Waals surface area contributed by atoms with Crippen molar-refractivity contribution in [3.63, 3.8) is 0 Å². The van der Waals surface area contributed by atoms with E-state index in [1.54, 1.807) is 12.1 Å². The Labute approximate surface area is 115 Å². The van der Waals surface area contributed by atoms with Gasteiger partial charge in [-0.2, -0.15) is 0 Å². The SMILES string of the molecule is O=C(COCc1ccccc1)c1ccc(Br)cc1. The average molecular weight is 305 g/mol. The van der Waals surface area contributed by atoms with E-state index in [9.17, 15) is 4.79 Å². The van der Waals surface area contributed by atoms with E-state index in [0.717, 1.165) is 10.0 Å². The van der Waals surface area contributed by atoms with Crippen molar-refractivity contribution in [3.05, 3.63) is 70.2 Å². The van der Waals surface area contributed by atoms with E-state index in [-0.39, 0.29) is 12.4 Å². The molecular formula is C15H13BrO2. The topological polar surface area (TPSA) is 26.3 Å². The first-order valence-electron chi connectivity index (χ1n) is 5.66. The molecule has 92 valence electrons. The van der Waals surface area contributed by atoms with Crippen LogP contribution in [-0.4, -0.2) is 12.4 Å². The summed E-state index contributed by atoms with van der Waals surface area (Å²) in [5.74, 6) is -0.00145. The summed E-state index contributed by atoms with van der Waals surface area (Å²) in [7, 11) is 0. The molecule has 3 heteroatoms. The van der Waals surface area contributed by atoms with Crippen LogP contribution in [0.25, 0.3) is 0 Å². The first kappa shape index (κ1) is 13.0. The van der Waals surface area contributed by atoms with Crippen LogP contribution < -0.4 is 0 Å². The fourth-order valence-corrected chi connectivity index (χ4v) is 1.82. The molecule has 0 saturated carbocycles. The van der Waals surface area contributed by atoms with Gasteiger partial charge in [0.25, 0.3) is 0 Å². The van der Waals surface area contributed by atoms with Crippen molar-refractivity contribution in [3.8, 4) is 0 Å². The Kier molecular flexibility index (Phi) is 4.67. The van der Waals surface area contributed by atoms with Crippen molar-refractivity contribution in [1.29, 1.82) is 0 Å². The Balaban J connectivity index is 1.84. The summed E-state index contributed by atoms with van der Waals surface area (Å²) in [5, 5.41) is 0. The predicted octanol–water partition coefficient (Wildman–Crippen LogP) is 3.85. The lowest BCUT2D eigenvalue weighted by Gasteiger charge is -2.04. The monoisotopic (exact) mass is 304 g/mol. The van der Waals surface area contributed by atoms with Crippen LogP contribution in [-0.2, 0) is 11.3 Å². The molecule has 0 saturated heterocycles. The standard InChI is InChI=1S/C15H13BrO2/c16-14-8-6-13(7-9-14)15(17)11-18-10-12-4-2-1-3-5-12/h1-9H,10-11H2. The summed E-state index contributed by atoms with van der Waals surface area (Å²) in [6.45, 7) is 0.569. The van der Waals surface area contributed by atoms with Gasteiger partial charge in [-0.25, -0.2) is 0 Å². The second-order valence-corrected chi connectivity index (χ2v) is 4.82. The highest BCUT2D eigenvalue weighted by Crippen LogP contribution is 2.11. The summed E-state index contributed by atoms with van der Waals surface area (Å²) in [4.78, 5) is 11.8. The van der Waals surface area contributed by atoms with Crippen LogP contribution >= 0.6 is 15.9 Å². The van der Waals surface area contributed by atoms with Crippen molar-refractivity contribution in [1.82, 2.24) is 0 Å². The number of carbonyl (C=O) groups excluding carboxylic acids is 1. The van der Waals surface area contributed by atoms with E-state index < -0.39 is 0 Å². The minimum Gasteiger partial charge on any atom is -0.369 e. The van der Waals surface area contributed by atoms with Gasteiger partial charge < -0.3 is 4.74 Å². The van der Waals surface area contributed by atoms with Gasteiger partial charge in [-0.05, 0) is 17.7 Å². The molecule has 2 aromatic rings. The van der Waals surface area contributed by atoms with E-state index in [1.165, 1.54) is 0 Å². The largest absolute Gasteiger partial charge is 0.369 e.